The lowest BCUT2D eigenvalue weighted by Crippen LogP contribution is -2.24. The lowest BCUT2D eigenvalue weighted by Gasteiger charge is -2.19. The monoisotopic (exact) mass is 272 g/mol. The molecule has 0 fully saturated rings. The molecule has 2 rings (SSSR count). The Bertz CT molecular complexity index is 454. The van der Waals surface area contributed by atoms with Crippen LogP contribution in [0.1, 0.15) is 30.6 Å². The van der Waals surface area contributed by atoms with Crippen molar-refractivity contribution in [2.75, 3.05) is 13.2 Å². The number of rotatable bonds is 4. The molecule has 1 unspecified atom stereocenters. The number of nitrogens with zero attached hydrogens (tertiary/aromatic N) is 1. The third-order valence-corrected chi connectivity index (χ3v) is 2.83. The van der Waals surface area contributed by atoms with Crippen molar-refractivity contribution in [3.63, 3.8) is 0 Å². The first-order valence-electron chi connectivity index (χ1n) is 6.11. The number of pyridine rings is 1. The molecule has 0 radical (unpaired) electrons. The zero-order valence-electron chi connectivity index (χ0n) is 10.5. The van der Waals surface area contributed by atoms with Crippen LogP contribution in [-0.4, -0.2) is 18.1 Å². The minimum Gasteiger partial charge on any atom is -0.496 e. The molecule has 3 nitrogen and oxygen atoms in total. The molecule has 0 bridgehead atoms. The van der Waals surface area contributed by atoms with Crippen molar-refractivity contribution >= 4 is 0 Å². The Labute approximate surface area is 109 Å². The van der Waals surface area contributed by atoms with E-state index in [1.807, 2.05) is 13.0 Å². The molecule has 0 spiro atoms. The maximum atomic E-state index is 12.5. The van der Waals surface area contributed by atoms with Gasteiger partial charge in [0.05, 0.1) is 17.9 Å². The molecule has 0 aromatic carbocycles. The largest absolute Gasteiger partial charge is 0.496 e. The van der Waals surface area contributed by atoms with Gasteiger partial charge in [-0.15, -0.1) is 0 Å². The quantitative estimate of drug-likeness (QED) is 0.914. The summed E-state index contributed by atoms with van der Waals surface area (Å²) in [7, 11) is 0. The van der Waals surface area contributed by atoms with Crippen LogP contribution in [0.25, 0.3) is 0 Å². The molecule has 0 amide bonds. The first-order valence-corrected chi connectivity index (χ1v) is 6.11. The van der Waals surface area contributed by atoms with Gasteiger partial charge in [0.15, 0.2) is 0 Å². The normalized spacial score (nSPS) is 16.9. The minimum atomic E-state index is -4.36. The summed E-state index contributed by atoms with van der Waals surface area (Å²) in [4.78, 5) is 3.91. The lowest BCUT2D eigenvalue weighted by molar-refractivity contribution is -0.137. The fraction of sp³-hybridized carbons (Fsp3) is 0.462. The highest BCUT2D eigenvalue weighted by atomic mass is 19.4. The smallest absolute Gasteiger partial charge is 0.417 e. The summed E-state index contributed by atoms with van der Waals surface area (Å²) in [5, 5.41) is 3.16. The molecular weight excluding hydrogens is 257 g/mol. The fourth-order valence-electron chi connectivity index (χ4n) is 1.94. The van der Waals surface area contributed by atoms with Crippen molar-refractivity contribution in [3.05, 3.63) is 41.4 Å². The number of hydrogen-bond acceptors (Lipinski definition) is 3. The Balaban J connectivity index is 2.22. The summed E-state index contributed by atoms with van der Waals surface area (Å²) in [6.45, 7) is 3.21. The summed E-state index contributed by atoms with van der Waals surface area (Å²) in [5.74, 6) is 0.731. The van der Waals surface area contributed by atoms with Gasteiger partial charge in [-0.2, -0.15) is 13.2 Å². The Kier molecular flexibility index (Phi) is 4.09. The van der Waals surface area contributed by atoms with Crippen LogP contribution in [0.4, 0.5) is 13.2 Å². The van der Waals surface area contributed by atoms with Crippen molar-refractivity contribution in [2.24, 2.45) is 0 Å². The fourth-order valence-corrected chi connectivity index (χ4v) is 1.94. The SMILES string of the molecule is CCNC(C1=CCCO1)c1ccc(C(F)(F)F)cn1. The van der Waals surface area contributed by atoms with Crippen LogP contribution < -0.4 is 5.32 Å². The number of nitrogens with one attached hydrogen (secondary N) is 1. The molecule has 1 aliphatic heterocycles. The second kappa shape index (κ2) is 5.61. The van der Waals surface area contributed by atoms with Crippen LogP contribution in [0, 0.1) is 0 Å². The molecule has 0 saturated heterocycles. The Morgan fingerprint density at radius 3 is 2.68 bits per heavy atom. The number of aromatic nitrogens is 1. The Hall–Kier alpha value is -1.56. The van der Waals surface area contributed by atoms with Gasteiger partial charge in [-0.05, 0) is 24.8 Å². The van der Waals surface area contributed by atoms with Crippen molar-refractivity contribution < 1.29 is 17.9 Å². The lowest BCUT2D eigenvalue weighted by atomic mass is 10.1. The van der Waals surface area contributed by atoms with Crippen LogP contribution in [0.15, 0.2) is 30.2 Å². The van der Waals surface area contributed by atoms with E-state index in [0.717, 1.165) is 24.4 Å². The summed E-state index contributed by atoms with van der Waals surface area (Å²) in [6.07, 6.45) is -0.748. The van der Waals surface area contributed by atoms with E-state index < -0.39 is 11.7 Å². The molecule has 1 aliphatic rings. The minimum absolute atomic E-state index is 0.283. The van der Waals surface area contributed by atoms with Gasteiger partial charge < -0.3 is 10.1 Å². The van der Waals surface area contributed by atoms with Gasteiger partial charge in [-0.25, -0.2) is 0 Å². The summed E-state index contributed by atoms with van der Waals surface area (Å²) in [6, 6.07) is 2.15. The van der Waals surface area contributed by atoms with Crippen LogP contribution in [0.5, 0.6) is 0 Å². The highest BCUT2D eigenvalue weighted by Crippen LogP contribution is 2.30. The van der Waals surface area contributed by atoms with Crippen LogP contribution in [-0.2, 0) is 10.9 Å². The van der Waals surface area contributed by atoms with Crippen molar-refractivity contribution in [3.8, 4) is 0 Å². The zero-order chi connectivity index (χ0) is 13.9. The zero-order valence-corrected chi connectivity index (χ0v) is 10.5. The highest BCUT2D eigenvalue weighted by Gasteiger charge is 2.31. The molecule has 0 aliphatic carbocycles. The van der Waals surface area contributed by atoms with E-state index in [1.165, 1.54) is 6.07 Å². The van der Waals surface area contributed by atoms with E-state index in [0.29, 0.717) is 18.8 Å². The van der Waals surface area contributed by atoms with E-state index in [9.17, 15) is 13.2 Å². The van der Waals surface area contributed by atoms with E-state index in [1.54, 1.807) is 0 Å². The summed E-state index contributed by atoms with van der Waals surface area (Å²) in [5.41, 5.74) is -0.212. The Morgan fingerprint density at radius 1 is 1.42 bits per heavy atom. The van der Waals surface area contributed by atoms with Crippen molar-refractivity contribution in [1.82, 2.24) is 10.3 Å². The van der Waals surface area contributed by atoms with Gasteiger partial charge in [-0.3, -0.25) is 4.98 Å². The number of ether oxygens (including phenoxy) is 1. The average molecular weight is 272 g/mol. The first kappa shape index (κ1) is 13.9. The molecule has 1 atom stereocenters. The Morgan fingerprint density at radius 2 is 2.21 bits per heavy atom. The number of halogens is 3. The van der Waals surface area contributed by atoms with Gasteiger partial charge >= 0.3 is 6.18 Å². The van der Waals surface area contributed by atoms with Gasteiger partial charge in [0.2, 0.25) is 0 Å². The molecule has 1 aromatic rings. The van der Waals surface area contributed by atoms with Crippen LogP contribution >= 0.6 is 0 Å². The van der Waals surface area contributed by atoms with Gasteiger partial charge in [0, 0.05) is 12.6 Å². The topological polar surface area (TPSA) is 34.1 Å². The molecule has 2 heterocycles. The van der Waals surface area contributed by atoms with Gasteiger partial charge in [-0.1, -0.05) is 6.92 Å². The summed E-state index contributed by atoms with van der Waals surface area (Å²) >= 11 is 0. The number of likely N-dealkylation sites (N-methyl/N-ethyl adjacent to an activating group) is 1. The third-order valence-electron chi connectivity index (χ3n) is 2.83. The maximum Gasteiger partial charge on any atom is 0.417 e. The maximum absolute atomic E-state index is 12.5. The van der Waals surface area contributed by atoms with E-state index in [-0.39, 0.29) is 6.04 Å². The van der Waals surface area contributed by atoms with Crippen molar-refractivity contribution in [2.45, 2.75) is 25.6 Å². The van der Waals surface area contributed by atoms with Crippen LogP contribution in [0.3, 0.4) is 0 Å². The summed E-state index contributed by atoms with van der Waals surface area (Å²) < 4.78 is 42.9. The van der Waals surface area contributed by atoms with E-state index in [4.69, 9.17) is 4.74 Å². The van der Waals surface area contributed by atoms with E-state index in [2.05, 4.69) is 10.3 Å². The number of alkyl halides is 3. The standard InChI is InChI=1S/C13H15F3N2O/c1-2-17-12(11-4-3-7-19-11)10-6-5-9(8-18-10)13(14,15)16/h4-6,8,12,17H,2-3,7H2,1H3. The molecule has 1 aromatic heterocycles. The van der Waals surface area contributed by atoms with Gasteiger partial charge in [0.1, 0.15) is 11.8 Å². The second-order valence-electron chi connectivity index (χ2n) is 4.20. The molecule has 1 N–H and O–H groups in total. The second-order valence-corrected chi connectivity index (χ2v) is 4.20. The molecular formula is C13H15F3N2O. The molecule has 0 saturated carbocycles. The van der Waals surface area contributed by atoms with Gasteiger partial charge in [0.25, 0.3) is 0 Å². The number of hydrogen-bond donors (Lipinski definition) is 1. The molecule has 104 valence electrons. The van der Waals surface area contributed by atoms with Crippen molar-refractivity contribution in [1.29, 1.82) is 0 Å². The predicted octanol–water partition coefficient (Wildman–Crippen LogP) is 3.06. The molecule has 19 heavy (non-hydrogen) atoms. The highest BCUT2D eigenvalue weighted by molar-refractivity contribution is 5.24. The first-order chi connectivity index (χ1) is 9.02. The average Bonchev–Trinajstić information content (AvgIpc) is 2.89. The predicted molar refractivity (Wildman–Crippen MR) is 64.3 cm³/mol. The molecule has 6 heteroatoms. The van der Waals surface area contributed by atoms with Crippen LogP contribution in [0.2, 0.25) is 0 Å². The van der Waals surface area contributed by atoms with E-state index >= 15 is 0 Å². The third kappa shape index (κ3) is 3.26.